The third-order valence-electron chi connectivity index (χ3n) is 3.02. The molecule has 116 valence electrons. The number of ether oxygens (including phenoxy) is 1. The highest BCUT2D eigenvalue weighted by molar-refractivity contribution is 6.30. The molecule has 0 fully saturated rings. The maximum Gasteiger partial charge on any atom is 0.264 e. The number of primary amides is 1. The minimum atomic E-state index is -0.716. The fourth-order valence-electron chi connectivity index (χ4n) is 1.90. The summed E-state index contributed by atoms with van der Waals surface area (Å²) in [5.41, 5.74) is 6.01. The van der Waals surface area contributed by atoms with Crippen molar-refractivity contribution in [3.63, 3.8) is 0 Å². The van der Waals surface area contributed by atoms with Crippen LogP contribution in [0.2, 0.25) is 5.02 Å². The molecule has 2 N–H and O–H groups in total. The van der Waals surface area contributed by atoms with Gasteiger partial charge in [0.05, 0.1) is 6.54 Å². The maximum absolute atomic E-state index is 12.4. The normalized spacial score (nSPS) is 12.1. The molecule has 0 aliphatic rings. The summed E-state index contributed by atoms with van der Waals surface area (Å²) in [5.74, 6) is -0.242. The van der Waals surface area contributed by atoms with Crippen molar-refractivity contribution in [1.82, 2.24) is 4.90 Å². The van der Waals surface area contributed by atoms with Gasteiger partial charge in [-0.05, 0) is 51.5 Å². The van der Waals surface area contributed by atoms with Crippen molar-refractivity contribution in [1.29, 1.82) is 0 Å². The fourth-order valence-corrected chi connectivity index (χ4v) is 2.13. The first kappa shape index (κ1) is 17.3. The molecule has 21 heavy (non-hydrogen) atoms. The zero-order valence-corrected chi connectivity index (χ0v) is 13.5. The number of carbonyl (C=O) groups excluding carboxylic acids is 2. The van der Waals surface area contributed by atoms with E-state index in [0.717, 1.165) is 5.56 Å². The van der Waals surface area contributed by atoms with E-state index in [4.69, 9.17) is 22.1 Å². The number of aryl methyl sites for hydroxylation is 1. The summed E-state index contributed by atoms with van der Waals surface area (Å²) < 4.78 is 5.67. The quantitative estimate of drug-likeness (QED) is 0.874. The van der Waals surface area contributed by atoms with Gasteiger partial charge in [-0.25, -0.2) is 0 Å². The Kier molecular flexibility index (Phi) is 6.03. The van der Waals surface area contributed by atoms with Gasteiger partial charge in [0.2, 0.25) is 5.91 Å². The highest BCUT2D eigenvalue weighted by Gasteiger charge is 2.25. The fraction of sp³-hybridized carbons (Fsp3) is 0.467. The lowest BCUT2D eigenvalue weighted by Gasteiger charge is -2.28. The highest BCUT2D eigenvalue weighted by atomic mass is 35.5. The highest BCUT2D eigenvalue weighted by Crippen LogP contribution is 2.23. The summed E-state index contributed by atoms with van der Waals surface area (Å²) in [7, 11) is 0. The van der Waals surface area contributed by atoms with Crippen LogP contribution in [0.5, 0.6) is 5.75 Å². The Bertz CT molecular complexity index is 532. The number of hydrogen-bond donors (Lipinski definition) is 1. The summed E-state index contributed by atoms with van der Waals surface area (Å²) in [6.45, 7) is 7.01. The van der Waals surface area contributed by atoms with Crippen LogP contribution in [0.15, 0.2) is 18.2 Å². The lowest BCUT2D eigenvalue weighted by Crippen LogP contribution is -2.48. The van der Waals surface area contributed by atoms with Gasteiger partial charge < -0.3 is 15.4 Å². The van der Waals surface area contributed by atoms with Gasteiger partial charge in [0, 0.05) is 11.1 Å². The average Bonchev–Trinajstić information content (AvgIpc) is 2.37. The van der Waals surface area contributed by atoms with Gasteiger partial charge in [0.1, 0.15) is 5.75 Å². The Morgan fingerprint density at radius 3 is 2.43 bits per heavy atom. The molecule has 0 aliphatic carbocycles. The molecule has 6 heteroatoms. The van der Waals surface area contributed by atoms with E-state index < -0.39 is 12.0 Å². The molecular weight excluding hydrogens is 292 g/mol. The first-order valence-electron chi connectivity index (χ1n) is 6.74. The Hall–Kier alpha value is -1.75. The molecule has 1 aromatic carbocycles. The zero-order chi connectivity index (χ0) is 16.2. The van der Waals surface area contributed by atoms with Crippen LogP contribution in [0.25, 0.3) is 0 Å². The first-order valence-corrected chi connectivity index (χ1v) is 7.11. The van der Waals surface area contributed by atoms with Crippen molar-refractivity contribution in [2.24, 2.45) is 5.73 Å². The standard InChI is InChI=1S/C15H21ClN2O3/c1-9(2)18(8-14(17)19)15(20)11(4)21-13-6-5-12(16)7-10(13)3/h5-7,9,11H,8H2,1-4H3,(H2,17,19). The molecule has 1 atom stereocenters. The van der Waals surface area contributed by atoms with E-state index in [0.29, 0.717) is 10.8 Å². The smallest absolute Gasteiger partial charge is 0.264 e. The summed E-state index contributed by atoms with van der Waals surface area (Å²) in [4.78, 5) is 24.8. The molecule has 0 bridgehead atoms. The van der Waals surface area contributed by atoms with Crippen LogP contribution < -0.4 is 10.5 Å². The monoisotopic (exact) mass is 312 g/mol. The second-order valence-electron chi connectivity index (χ2n) is 5.20. The first-order chi connectivity index (χ1) is 9.72. The SMILES string of the molecule is Cc1cc(Cl)ccc1OC(C)C(=O)N(CC(N)=O)C(C)C. The molecule has 0 radical (unpaired) electrons. The Balaban J connectivity index is 2.83. The predicted molar refractivity (Wildman–Crippen MR) is 82.3 cm³/mol. The molecule has 0 aromatic heterocycles. The third kappa shape index (κ3) is 4.93. The average molecular weight is 313 g/mol. The van der Waals surface area contributed by atoms with Crippen LogP contribution in [-0.4, -0.2) is 35.4 Å². The van der Waals surface area contributed by atoms with Gasteiger partial charge >= 0.3 is 0 Å². The number of hydrogen-bond acceptors (Lipinski definition) is 3. The Morgan fingerprint density at radius 2 is 1.95 bits per heavy atom. The van der Waals surface area contributed by atoms with Crippen molar-refractivity contribution < 1.29 is 14.3 Å². The molecule has 0 saturated carbocycles. The van der Waals surface area contributed by atoms with Gasteiger partial charge in [0.25, 0.3) is 5.91 Å². The summed E-state index contributed by atoms with van der Waals surface area (Å²) >= 11 is 5.88. The lowest BCUT2D eigenvalue weighted by molar-refractivity contribution is -0.142. The van der Waals surface area contributed by atoms with Gasteiger partial charge in [-0.1, -0.05) is 11.6 Å². The molecule has 1 rings (SSSR count). The Morgan fingerprint density at radius 1 is 1.33 bits per heavy atom. The van der Waals surface area contributed by atoms with Crippen molar-refractivity contribution >= 4 is 23.4 Å². The molecule has 1 aromatic rings. The van der Waals surface area contributed by atoms with Gasteiger partial charge in [-0.15, -0.1) is 0 Å². The molecule has 0 aliphatic heterocycles. The lowest BCUT2D eigenvalue weighted by atomic mass is 10.2. The van der Waals surface area contributed by atoms with E-state index in [1.54, 1.807) is 25.1 Å². The molecule has 1 unspecified atom stereocenters. The van der Waals surface area contributed by atoms with E-state index in [2.05, 4.69) is 0 Å². The minimum Gasteiger partial charge on any atom is -0.481 e. The molecule has 0 spiro atoms. The van der Waals surface area contributed by atoms with Crippen LogP contribution in [0.3, 0.4) is 0 Å². The van der Waals surface area contributed by atoms with Crippen molar-refractivity contribution in [2.45, 2.75) is 39.8 Å². The van der Waals surface area contributed by atoms with Crippen molar-refractivity contribution in [3.05, 3.63) is 28.8 Å². The van der Waals surface area contributed by atoms with Gasteiger partial charge in [0.15, 0.2) is 6.10 Å². The van der Waals surface area contributed by atoms with E-state index in [9.17, 15) is 9.59 Å². The minimum absolute atomic E-state index is 0.121. The number of halogens is 1. The van der Waals surface area contributed by atoms with E-state index in [-0.39, 0.29) is 18.5 Å². The van der Waals surface area contributed by atoms with Crippen LogP contribution >= 0.6 is 11.6 Å². The van der Waals surface area contributed by atoms with E-state index in [1.165, 1.54) is 4.90 Å². The van der Waals surface area contributed by atoms with Crippen LogP contribution in [-0.2, 0) is 9.59 Å². The molecular formula is C15H21ClN2O3. The number of carbonyl (C=O) groups is 2. The zero-order valence-electron chi connectivity index (χ0n) is 12.7. The number of rotatable bonds is 6. The second kappa shape index (κ2) is 7.31. The number of nitrogens with two attached hydrogens (primary N) is 1. The van der Waals surface area contributed by atoms with Crippen molar-refractivity contribution in [3.8, 4) is 5.75 Å². The van der Waals surface area contributed by atoms with E-state index in [1.807, 2.05) is 20.8 Å². The van der Waals surface area contributed by atoms with Gasteiger partial charge in [-0.2, -0.15) is 0 Å². The number of amides is 2. The summed E-state index contributed by atoms with van der Waals surface area (Å²) in [6.07, 6.45) is -0.716. The number of nitrogens with zero attached hydrogens (tertiary/aromatic N) is 1. The third-order valence-corrected chi connectivity index (χ3v) is 3.26. The Labute approximate surface area is 130 Å². The maximum atomic E-state index is 12.4. The topological polar surface area (TPSA) is 72.6 Å². The van der Waals surface area contributed by atoms with Crippen LogP contribution in [0, 0.1) is 6.92 Å². The molecule has 0 heterocycles. The van der Waals surface area contributed by atoms with Gasteiger partial charge in [-0.3, -0.25) is 9.59 Å². The molecule has 5 nitrogen and oxygen atoms in total. The number of benzene rings is 1. The van der Waals surface area contributed by atoms with Crippen LogP contribution in [0.4, 0.5) is 0 Å². The van der Waals surface area contributed by atoms with Crippen LogP contribution in [0.1, 0.15) is 26.3 Å². The molecule has 0 saturated heterocycles. The summed E-state index contributed by atoms with van der Waals surface area (Å²) in [5, 5.41) is 0.608. The van der Waals surface area contributed by atoms with E-state index >= 15 is 0 Å². The second-order valence-corrected chi connectivity index (χ2v) is 5.63. The van der Waals surface area contributed by atoms with Crippen molar-refractivity contribution in [2.75, 3.05) is 6.54 Å². The molecule has 2 amide bonds. The predicted octanol–water partition coefficient (Wildman–Crippen LogP) is 2.14. The largest absolute Gasteiger partial charge is 0.481 e. The summed E-state index contributed by atoms with van der Waals surface area (Å²) in [6, 6.07) is 5.04.